The predicted octanol–water partition coefficient (Wildman–Crippen LogP) is 4.21. The number of carbonyl (C=O) groups is 2. The van der Waals surface area contributed by atoms with Crippen molar-refractivity contribution in [3.05, 3.63) is 72.3 Å². The van der Waals surface area contributed by atoms with E-state index in [1.54, 1.807) is 0 Å². The maximum Gasteiger partial charge on any atom is 0.305 e. The number of carboxylic acids is 1. The van der Waals surface area contributed by atoms with E-state index < -0.39 is 5.97 Å². The van der Waals surface area contributed by atoms with Gasteiger partial charge in [-0.25, -0.2) is 9.13 Å². The van der Waals surface area contributed by atoms with E-state index >= 15 is 0 Å². The van der Waals surface area contributed by atoms with Gasteiger partial charge >= 0.3 is 5.97 Å². The zero-order valence-electron chi connectivity index (χ0n) is 19.7. The number of aryl methyl sites for hydroxylation is 2. The molecule has 0 saturated heterocycles. The van der Waals surface area contributed by atoms with Gasteiger partial charge in [-0.1, -0.05) is 30.3 Å². The van der Waals surface area contributed by atoms with Gasteiger partial charge in [0.05, 0.1) is 30.9 Å². The van der Waals surface area contributed by atoms with Crippen LogP contribution >= 0.6 is 0 Å². The number of rotatable bonds is 10. The summed E-state index contributed by atoms with van der Waals surface area (Å²) in [6, 6.07) is 16.3. The lowest BCUT2D eigenvalue weighted by Gasteiger charge is -2.23. The largest absolute Gasteiger partial charge is 0.481 e. The number of allylic oxidation sites excluding steroid dienone is 2. The Morgan fingerprint density at radius 1 is 1.00 bits per heavy atom. The summed E-state index contributed by atoms with van der Waals surface area (Å²) < 4.78 is 4.43. The van der Waals surface area contributed by atoms with Crippen LogP contribution in [0.25, 0.3) is 17.1 Å². The third-order valence-electron chi connectivity index (χ3n) is 6.18. The highest BCUT2D eigenvalue weighted by molar-refractivity contribution is 5.83. The first-order valence-corrected chi connectivity index (χ1v) is 11.8. The molecule has 2 aromatic carbocycles. The number of hydrogen-bond acceptors (Lipinski definition) is 4. The number of carbonyl (C=O) groups excluding carboxylic acids is 1. The molecular weight excluding hydrogens is 428 g/mol. The lowest BCUT2D eigenvalue weighted by Crippen LogP contribution is -2.36. The molecule has 1 aliphatic rings. The van der Waals surface area contributed by atoms with Crippen LogP contribution in [0.1, 0.15) is 32.5 Å². The average molecular weight is 460 g/mol. The summed E-state index contributed by atoms with van der Waals surface area (Å²) in [6.07, 6.45) is 7.61. The Hall–Kier alpha value is -3.87. The second kappa shape index (κ2) is 10.4. The van der Waals surface area contributed by atoms with Gasteiger partial charge in [-0.05, 0) is 44.2 Å². The molecule has 0 aliphatic carbocycles. The van der Waals surface area contributed by atoms with Crippen molar-refractivity contribution in [3.63, 3.8) is 0 Å². The number of aldehydes is 1. The van der Waals surface area contributed by atoms with Crippen LogP contribution in [0.3, 0.4) is 0 Å². The van der Waals surface area contributed by atoms with Crippen LogP contribution in [-0.4, -0.2) is 35.0 Å². The number of fused-ring (bicyclic) bond motifs is 2. The van der Waals surface area contributed by atoms with Gasteiger partial charge in [0, 0.05) is 25.6 Å². The molecule has 34 heavy (non-hydrogen) atoms. The van der Waals surface area contributed by atoms with E-state index in [1.165, 1.54) is 0 Å². The van der Waals surface area contributed by atoms with Crippen LogP contribution in [0, 0.1) is 0 Å². The molecule has 0 amide bonds. The van der Waals surface area contributed by atoms with Gasteiger partial charge in [-0.15, -0.1) is 0 Å². The lowest BCUT2D eigenvalue weighted by molar-refractivity contribution is -0.672. The molecule has 0 atom stereocenters. The highest BCUT2D eigenvalue weighted by Gasteiger charge is 2.30. The van der Waals surface area contributed by atoms with Gasteiger partial charge in [0.2, 0.25) is 0 Å². The van der Waals surface area contributed by atoms with Crippen molar-refractivity contribution in [3.8, 4) is 0 Å². The fraction of sp³-hybridized carbons (Fsp3) is 0.296. The Morgan fingerprint density at radius 3 is 2.38 bits per heavy atom. The highest BCUT2D eigenvalue weighted by atomic mass is 16.4. The number of carboxylic acid groups (broad SMARTS) is 1. The molecule has 176 valence electrons. The molecule has 0 unspecified atom stereocenters. The molecule has 1 aliphatic heterocycles. The summed E-state index contributed by atoms with van der Waals surface area (Å²) in [5.41, 5.74) is 4.34. The van der Waals surface area contributed by atoms with E-state index in [0.29, 0.717) is 19.5 Å². The van der Waals surface area contributed by atoms with Gasteiger partial charge in [0.25, 0.3) is 5.82 Å². The number of aliphatic carboxylic acids is 1. The van der Waals surface area contributed by atoms with Crippen LogP contribution < -0.4 is 14.4 Å². The maximum absolute atomic E-state index is 11.3. The molecule has 0 spiro atoms. The van der Waals surface area contributed by atoms with Crippen LogP contribution in [0.5, 0.6) is 0 Å². The zero-order valence-corrected chi connectivity index (χ0v) is 19.7. The third-order valence-corrected chi connectivity index (χ3v) is 6.18. The SMILES string of the molecule is CCN1C(=CC=Cc2n(CC)c3ccccc3[n+]2CCC=O)N(CCC(=O)O)c2ccccc21. The Morgan fingerprint density at radius 2 is 1.71 bits per heavy atom. The normalized spacial score (nSPS) is 14.5. The first-order chi connectivity index (χ1) is 16.6. The van der Waals surface area contributed by atoms with Crippen molar-refractivity contribution in [2.24, 2.45) is 0 Å². The minimum atomic E-state index is -0.814. The van der Waals surface area contributed by atoms with Crippen LogP contribution in [-0.2, 0) is 22.7 Å². The number of hydrogen-bond donors (Lipinski definition) is 1. The van der Waals surface area contributed by atoms with Gasteiger partial charge in [-0.3, -0.25) is 4.79 Å². The lowest BCUT2D eigenvalue weighted by atomic mass is 10.2. The quantitative estimate of drug-likeness (QED) is 0.363. The van der Waals surface area contributed by atoms with E-state index in [1.807, 2.05) is 42.5 Å². The van der Waals surface area contributed by atoms with E-state index in [4.69, 9.17) is 0 Å². The summed E-state index contributed by atoms with van der Waals surface area (Å²) in [5.74, 6) is 1.17. The summed E-state index contributed by atoms with van der Waals surface area (Å²) in [7, 11) is 0. The fourth-order valence-corrected chi connectivity index (χ4v) is 4.73. The Balaban J connectivity index is 1.76. The number of para-hydroxylation sites is 4. The number of nitrogens with zero attached hydrogens (tertiary/aromatic N) is 4. The van der Waals surface area contributed by atoms with E-state index in [2.05, 4.69) is 57.1 Å². The molecule has 0 fully saturated rings. The summed E-state index contributed by atoms with van der Waals surface area (Å²) in [6.45, 7) is 6.81. The Labute approximate surface area is 199 Å². The van der Waals surface area contributed by atoms with E-state index in [9.17, 15) is 14.7 Å². The van der Waals surface area contributed by atoms with Crippen molar-refractivity contribution in [2.75, 3.05) is 22.9 Å². The van der Waals surface area contributed by atoms with Crippen molar-refractivity contribution >= 4 is 40.7 Å². The van der Waals surface area contributed by atoms with E-state index in [-0.39, 0.29) is 6.42 Å². The van der Waals surface area contributed by atoms with Crippen LogP contribution in [0.15, 0.2) is 66.5 Å². The molecule has 1 aromatic heterocycles. The number of aromatic nitrogens is 2. The van der Waals surface area contributed by atoms with Crippen molar-refractivity contribution in [1.29, 1.82) is 0 Å². The molecule has 2 heterocycles. The molecule has 1 N–H and O–H groups in total. The first kappa shape index (κ1) is 23.3. The van der Waals surface area contributed by atoms with Crippen molar-refractivity contribution < 1.29 is 19.3 Å². The summed E-state index contributed by atoms with van der Waals surface area (Å²) >= 11 is 0. The molecular formula is C27H31N4O3+. The molecule has 0 saturated carbocycles. The zero-order chi connectivity index (χ0) is 24.1. The van der Waals surface area contributed by atoms with E-state index in [0.717, 1.165) is 53.4 Å². The Bertz CT molecular complexity index is 1260. The topological polar surface area (TPSA) is 69.7 Å². The Kier molecular flexibility index (Phi) is 7.11. The van der Waals surface area contributed by atoms with Gasteiger partial charge in [0.1, 0.15) is 12.1 Å². The molecule has 4 rings (SSSR count). The smallest absolute Gasteiger partial charge is 0.305 e. The molecule has 0 radical (unpaired) electrons. The second-order valence-electron chi connectivity index (χ2n) is 8.11. The van der Waals surface area contributed by atoms with Gasteiger partial charge in [-0.2, -0.15) is 0 Å². The fourth-order valence-electron chi connectivity index (χ4n) is 4.73. The summed E-state index contributed by atoms with van der Waals surface area (Å²) in [4.78, 5) is 26.7. The number of anilines is 2. The highest BCUT2D eigenvalue weighted by Crippen LogP contribution is 2.41. The second-order valence-corrected chi connectivity index (χ2v) is 8.11. The molecule has 7 nitrogen and oxygen atoms in total. The van der Waals surface area contributed by atoms with Crippen molar-refractivity contribution in [1.82, 2.24) is 4.57 Å². The minimum Gasteiger partial charge on any atom is -0.481 e. The molecule has 7 heteroatoms. The average Bonchev–Trinajstić information content (AvgIpc) is 3.32. The standard InChI is InChI=1S/C27H30N4O3/c1-3-28-21-11-5-7-13-23(21)30(18-10-20-32)25(28)15-9-16-26-29(4-2)22-12-6-8-14-24(22)31(26)19-17-27(33)34/h5-9,11-16,20H,3-4,10,17-19H2,1-2H3/p+1. The monoisotopic (exact) mass is 459 g/mol. The summed E-state index contributed by atoms with van der Waals surface area (Å²) in [5, 5.41) is 9.28. The number of imidazole rings is 1. The molecule has 0 bridgehead atoms. The third kappa shape index (κ3) is 4.33. The predicted molar refractivity (Wildman–Crippen MR) is 135 cm³/mol. The maximum atomic E-state index is 11.3. The first-order valence-electron chi connectivity index (χ1n) is 11.8. The minimum absolute atomic E-state index is 0.0582. The van der Waals surface area contributed by atoms with Crippen LogP contribution in [0.4, 0.5) is 11.4 Å². The van der Waals surface area contributed by atoms with Crippen LogP contribution in [0.2, 0.25) is 0 Å². The van der Waals surface area contributed by atoms with Crippen molar-refractivity contribution in [2.45, 2.75) is 39.8 Å². The number of benzene rings is 2. The van der Waals surface area contributed by atoms with Gasteiger partial charge < -0.3 is 19.7 Å². The van der Waals surface area contributed by atoms with Gasteiger partial charge in [0.15, 0.2) is 11.0 Å². The molecule has 3 aromatic rings.